The zero-order valence-corrected chi connectivity index (χ0v) is 15.3. The fourth-order valence-electron chi connectivity index (χ4n) is 3.88. The fourth-order valence-corrected chi connectivity index (χ4v) is 3.88. The number of carbonyl (C=O) groups excluding carboxylic acids is 1. The van der Waals surface area contributed by atoms with Crippen LogP contribution in [-0.4, -0.2) is 24.5 Å². The van der Waals surface area contributed by atoms with Gasteiger partial charge in [0.25, 0.3) is 0 Å². The molecule has 5 heteroatoms. The van der Waals surface area contributed by atoms with Crippen molar-refractivity contribution >= 4 is 16.8 Å². The summed E-state index contributed by atoms with van der Waals surface area (Å²) >= 11 is 0. The van der Waals surface area contributed by atoms with E-state index >= 15 is 0 Å². The molecule has 1 atom stereocenters. The Hall–Kier alpha value is -2.82. The fraction of sp³-hybridized carbons (Fsp3) is 0.318. The van der Waals surface area contributed by atoms with Gasteiger partial charge in [0.15, 0.2) is 0 Å². The van der Waals surface area contributed by atoms with E-state index in [0.29, 0.717) is 13.0 Å². The molecule has 1 aliphatic rings. The van der Waals surface area contributed by atoms with Crippen molar-refractivity contribution in [2.45, 2.75) is 25.7 Å². The van der Waals surface area contributed by atoms with Crippen molar-refractivity contribution < 1.29 is 13.9 Å². The number of fused-ring (bicyclic) bond motifs is 3. The van der Waals surface area contributed by atoms with Crippen LogP contribution in [-0.2, 0) is 24.1 Å². The summed E-state index contributed by atoms with van der Waals surface area (Å²) in [5.74, 6) is 0.613. The number of aryl methyl sites for hydroxylation is 1. The Labute approximate surface area is 157 Å². The van der Waals surface area contributed by atoms with Crippen LogP contribution in [0.4, 0.5) is 4.39 Å². The summed E-state index contributed by atoms with van der Waals surface area (Å²) in [4.78, 5) is 16.0. The minimum absolute atomic E-state index is 0.0596. The predicted molar refractivity (Wildman–Crippen MR) is 103 cm³/mol. The third kappa shape index (κ3) is 3.68. The molecule has 0 radical (unpaired) electrons. The Bertz CT molecular complexity index is 962. The lowest BCUT2D eigenvalue weighted by Crippen LogP contribution is -2.35. The number of ether oxygens (including phenoxy) is 1. The number of rotatable bonds is 5. The number of aromatic nitrogens is 1. The molecule has 1 unspecified atom stereocenters. The Balaban J connectivity index is 1.37. The normalized spacial score (nSPS) is 16.1. The molecular formula is C22H23FN2O2. The van der Waals surface area contributed by atoms with E-state index in [-0.39, 0.29) is 17.6 Å². The largest absolute Gasteiger partial charge is 0.497 e. The number of hydrogen-bond donors (Lipinski definition) is 2. The highest BCUT2D eigenvalue weighted by atomic mass is 19.1. The van der Waals surface area contributed by atoms with Crippen LogP contribution >= 0.6 is 0 Å². The van der Waals surface area contributed by atoms with Crippen molar-refractivity contribution in [3.63, 3.8) is 0 Å². The van der Waals surface area contributed by atoms with Crippen molar-refractivity contribution in [3.8, 4) is 5.75 Å². The number of carbonyl (C=O) groups is 1. The minimum Gasteiger partial charge on any atom is -0.497 e. The number of amides is 1. The number of benzene rings is 2. The second-order valence-corrected chi connectivity index (χ2v) is 7.10. The van der Waals surface area contributed by atoms with Gasteiger partial charge in [-0.2, -0.15) is 0 Å². The van der Waals surface area contributed by atoms with Crippen LogP contribution < -0.4 is 10.1 Å². The van der Waals surface area contributed by atoms with Gasteiger partial charge in [0.2, 0.25) is 5.91 Å². The van der Waals surface area contributed by atoms with Crippen molar-refractivity contribution in [1.82, 2.24) is 10.3 Å². The summed E-state index contributed by atoms with van der Waals surface area (Å²) in [7, 11) is 1.65. The maximum atomic E-state index is 13.6. The molecule has 140 valence electrons. The van der Waals surface area contributed by atoms with Crippen molar-refractivity contribution in [3.05, 3.63) is 65.1 Å². The number of methoxy groups -OCH3 is 1. The van der Waals surface area contributed by atoms with Gasteiger partial charge in [-0.05, 0) is 67.1 Å². The molecule has 4 rings (SSSR count). The molecule has 2 N–H and O–H groups in total. The minimum atomic E-state index is -0.240. The van der Waals surface area contributed by atoms with Gasteiger partial charge in [-0.1, -0.05) is 12.1 Å². The standard InChI is InChI=1S/C22H23FN2O2/c1-27-17-6-2-14(3-7-17)10-11-24-22(26)15-4-8-20-18(12-15)19-13-16(23)5-9-21(19)25-20/h2-3,5-7,9,13,15,25H,4,8,10-12H2,1H3,(H,24,26). The van der Waals surface area contributed by atoms with Gasteiger partial charge >= 0.3 is 0 Å². The summed E-state index contributed by atoms with van der Waals surface area (Å²) in [6.07, 6.45) is 3.08. The maximum Gasteiger partial charge on any atom is 0.223 e. The third-order valence-corrected chi connectivity index (χ3v) is 5.39. The molecule has 4 nitrogen and oxygen atoms in total. The molecule has 0 saturated carbocycles. The van der Waals surface area contributed by atoms with Gasteiger partial charge in [-0.15, -0.1) is 0 Å². The Kier molecular flexibility index (Phi) is 4.84. The molecule has 2 aromatic carbocycles. The topological polar surface area (TPSA) is 54.1 Å². The first-order valence-corrected chi connectivity index (χ1v) is 9.33. The number of H-pyrrole nitrogens is 1. The van der Waals surface area contributed by atoms with Gasteiger partial charge in [0.05, 0.1) is 7.11 Å². The highest BCUT2D eigenvalue weighted by Crippen LogP contribution is 2.32. The van der Waals surface area contributed by atoms with Crippen LogP contribution in [0, 0.1) is 11.7 Å². The second-order valence-electron chi connectivity index (χ2n) is 7.10. The van der Waals surface area contributed by atoms with E-state index in [1.54, 1.807) is 19.2 Å². The zero-order valence-electron chi connectivity index (χ0n) is 15.3. The maximum absolute atomic E-state index is 13.6. The summed E-state index contributed by atoms with van der Waals surface area (Å²) < 4.78 is 18.8. The SMILES string of the molecule is COc1ccc(CCNC(=O)C2CCc3[nH]c4ccc(F)cc4c3C2)cc1. The van der Waals surface area contributed by atoms with Crippen LogP contribution in [0.25, 0.3) is 10.9 Å². The van der Waals surface area contributed by atoms with E-state index in [9.17, 15) is 9.18 Å². The third-order valence-electron chi connectivity index (χ3n) is 5.39. The molecule has 1 amide bonds. The van der Waals surface area contributed by atoms with Crippen LogP contribution in [0.5, 0.6) is 5.75 Å². The molecule has 1 heterocycles. The Morgan fingerprint density at radius 2 is 2.07 bits per heavy atom. The number of hydrogen-bond acceptors (Lipinski definition) is 2. The second kappa shape index (κ2) is 7.43. The molecule has 0 saturated heterocycles. The van der Waals surface area contributed by atoms with Crippen molar-refractivity contribution in [2.75, 3.05) is 13.7 Å². The van der Waals surface area contributed by atoms with Crippen molar-refractivity contribution in [2.24, 2.45) is 5.92 Å². The lowest BCUT2D eigenvalue weighted by Gasteiger charge is -2.22. The summed E-state index contributed by atoms with van der Waals surface area (Å²) in [5.41, 5.74) is 4.33. The molecule has 0 fully saturated rings. The average molecular weight is 366 g/mol. The van der Waals surface area contributed by atoms with E-state index < -0.39 is 0 Å². The van der Waals surface area contributed by atoms with Gasteiger partial charge in [-0.25, -0.2) is 4.39 Å². The van der Waals surface area contributed by atoms with E-state index in [4.69, 9.17) is 4.74 Å². The quantitative estimate of drug-likeness (QED) is 0.722. The first-order chi connectivity index (χ1) is 13.1. The lowest BCUT2D eigenvalue weighted by atomic mass is 9.86. The summed E-state index contributed by atoms with van der Waals surface area (Å²) in [5, 5.41) is 3.96. The molecule has 3 aromatic rings. The highest BCUT2D eigenvalue weighted by molar-refractivity contribution is 5.87. The molecule has 27 heavy (non-hydrogen) atoms. The van der Waals surface area contributed by atoms with E-state index in [1.807, 2.05) is 24.3 Å². The van der Waals surface area contributed by atoms with Gasteiger partial charge in [-0.3, -0.25) is 4.79 Å². The summed E-state index contributed by atoms with van der Waals surface area (Å²) in [6.45, 7) is 0.608. The summed E-state index contributed by atoms with van der Waals surface area (Å²) in [6, 6.07) is 12.7. The van der Waals surface area contributed by atoms with E-state index in [2.05, 4.69) is 10.3 Å². The Morgan fingerprint density at radius 3 is 2.85 bits per heavy atom. The number of halogens is 1. The molecule has 1 aromatic heterocycles. The average Bonchev–Trinajstić information content (AvgIpc) is 3.05. The first-order valence-electron chi connectivity index (χ1n) is 9.33. The van der Waals surface area contributed by atoms with E-state index in [0.717, 1.165) is 52.7 Å². The smallest absolute Gasteiger partial charge is 0.223 e. The molecular weight excluding hydrogens is 343 g/mol. The first kappa shape index (κ1) is 17.6. The monoisotopic (exact) mass is 366 g/mol. The van der Waals surface area contributed by atoms with Crippen LogP contribution in [0.3, 0.4) is 0 Å². The van der Waals surface area contributed by atoms with Gasteiger partial charge in [0.1, 0.15) is 11.6 Å². The predicted octanol–water partition coefficient (Wildman–Crippen LogP) is 3.78. The van der Waals surface area contributed by atoms with Crippen LogP contribution in [0.1, 0.15) is 23.2 Å². The van der Waals surface area contributed by atoms with Crippen LogP contribution in [0.15, 0.2) is 42.5 Å². The zero-order chi connectivity index (χ0) is 18.8. The van der Waals surface area contributed by atoms with Crippen LogP contribution in [0.2, 0.25) is 0 Å². The Morgan fingerprint density at radius 1 is 1.26 bits per heavy atom. The molecule has 0 bridgehead atoms. The van der Waals surface area contributed by atoms with E-state index in [1.165, 1.54) is 6.07 Å². The van der Waals surface area contributed by atoms with Gasteiger partial charge in [0, 0.05) is 29.1 Å². The lowest BCUT2D eigenvalue weighted by molar-refractivity contribution is -0.125. The molecule has 0 spiro atoms. The highest BCUT2D eigenvalue weighted by Gasteiger charge is 2.27. The van der Waals surface area contributed by atoms with Crippen molar-refractivity contribution in [1.29, 1.82) is 0 Å². The number of nitrogens with one attached hydrogen (secondary N) is 2. The number of aromatic amines is 1. The molecule has 1 aliphatic carbocycles. The van der Waals surface area contributed by atoms with Gasteiger partial charge < -0.3 is 15.0 Å². The molecule has 0 aliphatic heterocycles.